The largest absolute Gasteiger partial charge is 0.242 e. The minimum Gasteiger partial charge on any atom is -0.242 e. The fourth-order valence-electron chi connectivity index (χ4n) is 4.26. The molecule has 156 valence electrons. The second-order valence-electron chi connectivity index (χ2n) is 8.04. The number of aromatic nitrogens is 2. The molecule has 0 amide bonds. The van der Waals surface area contributed by atoms with Crippen molar-refractivity contribution in [2.75, 3.05) is 0 Å². The SMILES string of the molecule is Clc1nc2ccc3ccccc3c2nc1-c1ccc(-c2ccc(-c3ccccc3)cc2)cc1. The molecule has 0 spiro atoms. The Morgan fingerprint density at radius 2 is 1.00 bits per heavy atom. The van der Waals surface area contributed by atoms with Gasteiger partial charge in [0.2, 0.25) is 0 Å². The first kappa shape index (κ1) is 19.7. The molecule has 0 saturated heterocycles. The van der Waals surface area contributed by atoms with E-state index in [1.54, 1.807) is 0 Å². The maximum atomic E-state index is 6.55. The zero-order valence-electron chi connectivity index (χ0n) is 17.7. The molecule has 2 nitrogen and oxygen atoms in total. The summed E-state index contributed by atoms with van der Waals surface area (Å²) < 4.78 is 0. The quantitative estimate of drug-likeness (QED) is 0.257. The molecular formula is C30H19ClN2. The van der Waals surface area contributed by atoms with Gasteiger partial charge in [0.15, 0.2) is 5.15 Å². The molecule has 0 aliphatic heterocycles. The number of hydrogen-bond acceptors (Lipinski definition) is 2. The first-order valence-electron chi connectivity index (χ1n) is 10.9. The van der Waals surface area contributed by atoms with Gasteiger partial charge >= 0.3 is 0 Å². The minimum absolute atomic E-state index is 0.415. The Morgan fingerprint density at radius 1 is 0.455 bits per heavy atom. The Kier molecular flexibility index (Phi) is 4.86. The fourth-order valence-corrected chi connectivity index (χ4v) is 4.50. The summed E-state index contributed by atoms with van der Waals surface area (Å²) in [4.78, 5) is 9.55. The summed E-state index contributed by atoms with van der Waals surface area (Å²) in [5, 5.41) is 2.63. The van der Waals surface area contributed by atoms with E-state index in [0.29, 0.717) is 10.8 Å². The van der Waals surface area contributed by atoms with Crippen molar-refractivity contribution in [2.45, 2.75) is 0 Å². The Bertz CT molecular complexity index is 1590. The lowest BCUT2D eigenvalue weighted by Gasteiger charge is -2.09. The van der Waals surface area contributed by atoms with E-state index >= 15 is 0 Å². The molecule has 6 rings (SSSR count). The lowest BCUT2D eigenvalue weighted by Crippen LogP contribution is -1.92. The topological polar surface area (TPSA) is 25.8 Å². The van der Waals surface area contributed by atoms with Gasteiger partial charge in [-0.3, -0.25) is 0 Å². The van der Waals surface area contributed by atoms with Crippen molar-refractivity contribution in [3.63, 3.8) is 0 Å². The van der Waals surface area contributed by atoms with Crippen LogP contribution in [-0.2, 0) is 0 Å². The molecule has 0 saturated carbocycles. The van der Waals surface area contributed by atoms with Crippen LogP contribution in [0, 0.1) is 0 Å². The van der Waals surface area contributed by atoms with E-state index in [0.717, 1.165) is 32.9 Å². The monoisotopic (exact) mass is 442 g/mol. The maximum absolute atomic E-state index is 6.55. The Balaban J connectivity index is 1.36. The van der Waals surface area contributed by atoms with E-state index < -0.39 is 0 Å². The molecule has 0 radical (unpaired) electrons. The van der Waals surface area contributed by atoms with Gasteiger partial charge < -0.3 is 0 Å². The average molecular weight is 443 g/mol. The number of fused-ring (bicyclic) bond motifs is 3. The van der Waals surface area contributed by atoms with Gasteiger partial charge in [-0.1, -0.05) is 121 Å². The second-order valence-corrected chi connectivity index (χ2v) is 8.40. The van der Waals surface area contributed by atoms with Crippen LogP contribution in [0.2, 0.25) is 5.15 Å². The zero-order chi connectivity index (χ0) is 22.2. The second kappa shape index (κ2) is 8.16. The van der Waals surface area contributed by atoms with Gasteiger partial charge in [-0.25, -0.2) is 9.97 Å². The third kappa shape index (κ3) is 3.65. The summed E-state index contributed by atoms with van der Waals surface area (Å²) in [5.74, 6) is 0. The molecule has 0 atom stereocenters. The zero-order valence-corrected chi connectivity index (χ0v) is 18.5. The maximum Gasteiger partial charge on any atom is 0.156 e. The number of halogens is 1. The highest BCUT2D eigenvalue weighted by atomic mass is 35.5. The van der Waals surface area contributed by atoms with Crippen LogP contribution in [0.3, 0.4) is 0 Å². The van der Waals surface area contributed by atoms with Gasteiger partial charge in [0.05, 0.1) is 11.0 Å². The summed E-state index contributed by atoms with van der Waals surface area (Å²) in [6.07, 6.45) is 0. The summed E-state index contributed by atoms with van der Waals surface area (Å²) >= 11 is 6.55. The van der Waals surface area contributed by atoms with Gasteiger partial charge in [-0.05, 0) is 33.7 Å². The van der Waals surface area contributed by atoms with Crippen LogP contribution in [0.15, 0.2) is 115 Å². The predicted octanol–water partition coefficient (Wildman–Crippen LogP) is 8.44. The van der Waals surface area contributed by atoms with Crippen LogP contribution in [-0.4, -0.2) is 9.97 Å². The standard InChI is InChI=1S/C30H19ClN2/c31-30-28(33-29-26-9-5-4-8-24(26)18-19-27(29)32-30)25-16-14-23(15-17-25)22-12-10-21(11-13-22)20-6-2-1-3-7-20/h1-19H. The van der Waals surface area contributed by atoms with E-state index in [9.17, 15) is 0 Å². The van der Waals surface area contributed by atoms with Crippen LogP contribution in [0.4, 0.5) is 0 Å². The van der Waals surface area contributed by atoms with Crippen LogP contribution in [0.5, 0.6) is 0 Å². The van der Waals surface area contributed by atoms with Gasteiger partial charge in [0, 0.05) is 10.9 Å². The van der Waals surface area contributed by atoms with Gasteiger partial charge in [-0.15, -0.1) is 0 Å². The molecule has 6 aromatic rings. The molecule has 1 aromatic heterocycles. The fraction of sp³-hybridized carbons (Fsp3) is 0. The highest BCUT2D eigenvalue weighted by molar-refractivity contribution is 6.32. The van der Waals surface area contributed by atoms with Crippen molar-refractivity contribution >= 4 is 33.4 Å². The van der Waals surface area contributed by atoms with E-state index in [4.69, 9.17) is 16.6 Å². The predicted molar refractivity (Wildman–Crippen MR) is 138 cm³/mol. The number of nitrogens with zero attached hydrogens (tertiary/aromatic N) is 2. The molecule has 3 heteroatoms. The lowest BCUT2D eigenvalue weighted by molar-refractivity contribution is 1.30. The van der Waals surface area contributed by atoms with Crippen molar-refractivity contribution in [1.82, 2.24) is 9.97 Å². The van der Waals surface area contributed by atoms with E-state index in [-0.39, 0.29) is 0 Å². The normalized spacial score (nSPS) is 11.2. The van der Waals surface area contributed by atoms with Crippen molar-refractivity contribution in [2.24, 2.45) is 0 Å². The minimum atomic E-state index is 0.415. The number of hydrogen-bond donors (Lipinski definition) is 0. The molecule has 0 unspecified atom stereocenters. The molecule has 0 bridgehead atoms. The molecule has 0 fully saturated rings. The summed E-state index contributed by atoms with van der Waals surface area (Å²) in [6, 6.07) is 39.6. The molecule has 33 heavy (non-hydrogen) atoms. The van der Waals surface area contributed by atoms with Crippen molar-refractivity contribution in [3.05, 3.63) is 120 Å². The highest BCUT2D eigenvalue weighted by Crippen LogP contribution is 2.32. The smallest absolute Gasteiger partial charge is 0.156 e. The van der Waals surface area contributed by atoms with Crippen LogP contribution < -0.4 is 0 Å². The molecule has 0 N–H and O–H groups in total. The Morgan fingerprint density at radius 3 is 1.67 bits per heavy atom. The summed E-state index contributed by atoms with van der Waals surface area (Å²) in [5.41, 5.74) is 8.07. The third-order valence-electron chi connectivity index (χ3n) is 6.00. The molecule has 0 aliphatic rings. The van der Waals surface area contributed by atoms with Gasteiger partial charge in [-0.2, -0.15) is 0 Å². The number of benzene rings is 5. The van der Waals surface area contributed by atoms with Crippen LogP contribution in [0.1, 0.15) is 0 Å². The number of rotatable bonds is 3. The summed E-state index contributed by atoms with van der Waals surface area (Å²) in [6.45, 7) is 0. The van der Waals surface area contributed by atoms with Crippen molar-refractivity contribution in [1.29, 1.82) is 0 Å². The summed E-state index contributed by atoms with van der Waals surface area (Å²) in [7, 11) is 0. The molecule has 1 heterocycles. The van der Waals surface area contributed by atoms with E-state index in [1.165, 1.54) is 16.7 Å². The average Bonchev–Trinajstić information content (AvgIpc) is 2.89. The third-order valence-corrected chi connectivity index (χ3v) is 6.26. The van der Waals surface area contributed by atoms with Gasteiger partial charge in [0.25, 0.3) is 0 Å². The Hall–Kier alpha value is -4.01. The van der Waals surface area contributed by atoms with Gasteiger partial charge in [0.1, 0.15) is 5.69 Å². The molecule has 0 aliphatic carbocycles. The van der Waals surface area contributed by atoms with E-state index in [1.807, 2.05) is 24.3 Å². The molecule has 5 aromatic carbocycles. The lowest BCUT2D eigenvalue weighted by atomic mass is 9.99. The van der Waals surface area contributed by atoms with Crippen LogP contribution >= 0.6 is 11.6 Å². The van der Waals surface area contributed by atoms with Crippen molar-refractivity contribution < 1.29 is 0 Å². The van der Waals surface area contributed by atoms with E-state index in [2.05, 4.69) is 96.0 Å². The molecular weight excluding hydrogens is 424 g/mol. The first-order chi connectivity index (χ1) is 16.3. The first-order valence-corrected chi connectivity index (χ1v) is 11.3. The van der Waals surface area contributed by atoms with Crippen molar-refractivity contribution in [3.8, 4) is 33.5 Å². The Labute approximate surface area is 197 Å². The highest BCUT2D eigenvalue weighted by Gasteiger charge is 2.12. The van der Waals surface area contributed by atoms with Crippen LogP contribution in [0.25, 0.3) is 55.3 Å².